The van der Waals surface area contributed by atoms with Crippen LogP contribution in [0.2, 0.25) is 0 Å². The first-order valence-corrected chi connectivity index (χ1v) is 11.3. The van der Waals surface area contributed by atoms with Crippen LogP contribution in [0, 0.1) is 11.8 Å². The molecule has 1 saturated heterocycles. The van der Waals surface area contributed by atoms with Crippen LogP contribution in [0.25, 0.3) is 0 Å². The van der Waals surface area contributed by atoms with Crippen LogP contribution in [-0.2, 0) is 14.3 Å². The second-order valence-electron chi connectivity index (χ2n) is 8.44. The van der Waals surface area contributed by atoms with E-state index in [1.165, 1.54) is 6.07 Å². The van der Waals surface area contributed by atoms with Crippen LogP contribution < -0.4 is 15.0 Å². The quantitative estimate of drug-likeness (QED) is 0.302. The molecule has 0 spiro atoms. The monoisotopic (exact) mass is 489 g/mol. The average molecular weight is 490 g/mol. The van der Waals surface area contributed by atoms with Gasteiger partial charge in [0.1, 0.15) is 16.9 Å². The van der Waals surface area contributed by atoms with E-state index in [4.69, 9.17) is 19.7 Å². The molecule has 1 aromatic heterocycles. The molecule has 190 valence electrons. The topological polar surface area (TPSA) is 110 Å². The predicted octanol–water partition coefficient (Wildman–Crippen LogP) is 2.12. The molecule has 2 N–H and O–H groups in total. The number of nitrogens with one attached hydrogen (secondary N) is 1. The van der Waals surface area contributed by atoms with Crippen molar-refractivity contribution in [1.82, 2.24) is 10.3 Å². The number of aliphatic hydroxyl groups excluding tert-OH is 1. The molecule has 1 aliphatic carbocycles. The lowest BCUT2D eigenvalue weighted by Gasteiger charge is -2.40. The Morgan fingerprint density at radius 2 is 2.12 bits per heavy atom. The number of amides is 1. The van der Waals surface area contributed by atoms with Crippen molar-refractivity contribution < 1.29 is 38.8 Å². The fourth-order valence-corrected chi connectivity index (χ4v) is 3.61. The van der Waals surface area contributed by atoms with E-state index in [2.05, 4.69) is 10.3 Å². The number of ether oxygens (including phenoxy) is 3. The molecule has 10 heteroatoms. The summed E-state index contributed by atoms with van der Waals surface area (Å²) in [6, 6.07) is 3.07. The number of halogens is 1. The second kappa shape index (κ2) is 11.8. The minimum absolute atomic E-state index is 0.0507. The van der Waals surface area contributed by atoms with E-state index >= 15 is 0 Å². The Kier molecular flexibility index (Phi) is 7.24. The van der Waals surface area contributed by atoms with E-state index in [1.54, 1.807) is 13.2 Å². The molecule has 1 amide bonds. The summed E-state index contributed by atoms with van der Waals surface area (Å²) < 4.78 is 60.9. The number of alkyl halides is 1. The molecule has 0 radical (unpaired) electrons. The van der Waals surface area contributed by atoms with Gasteiger partial charge >= 0.3 is 5.97 Å². The molecule has 2 heterocycles. The number of carbonyl (C=O) groups is 2. The van der Waals surface area contributed by atoms with Gasteiger partial charge in [-0.2, -0.15) is 0 Å². The summed E-state index contributed by atoms with van der Waals surface area (Å²) in [6.45, 7) is -0.827. The molecular weight excluding hydrogens is 445 g/mol. The van der Waals surface area contributed by atoms with Crippen molar-refractivity contribution in [1.29, 1.82) is 0 Å². The lowest BCUT2D eigenvalue weighted by Crippen LogP contribution is -2.54. The molecule has 1 saturated carbocycles. The summed E-state index contributed by atoms with van der Waals surface area (Å²) >= 11 is 0. The van der Waals surface area contributed by atoms with Gasteiger partial charge < -0.3 is 29.5 Å². The van der Waals surface area contributed by atoms with Gasteiger partial charge in [-0.1, -0.05) is 13.8 Å². The van der Waals surface area contributed by atoms with Gasteiger partial charge in [-0.05, 0) is 43.2 Å². The van der Waals surface area contributed by atoms with Gasteiger partial charge in [-0.15, -0.1) is 0 Å². The molecule has 1 aliphatic heterocycles. The molecule has 1 aromatic rings. The molecule has 9 nitrogen and oxygen atoms in total. The average Bonchev–Trinajstić information content (AvgIpc) is 3.68. The van der Waals surface area contributed by atoms with Crippen molar-refractivity contribution in [3.8, 4) is 5.88 Å². The number of hydrogen-bond acceptors (Lipinski definition) is 8. The lowest BCUT2D eigenvalue weighted by molar-refractivity contribution is -0.152. The van der Waals surface area contributed by atoms with E-state index < -0.39 is 50.7 Å². The summed E-state index contributed by atoms with van der Waals surface area (Å²) in [6.07, 6.45) is -2.47. The fourth-order valence-electron chi connectivity index (χ4n) is 3.61. The summed E-state index contributed by atoms with van der Waals surface area (Å²) in [5.74, 6) is -1.56. The Hall–Kier alpha value is -2.46. The number of anilines is 1. The Morgan fingerprint density at radius 1 is 1.35 bits per heavy atom. The van der Waals surface area contributed by atoms with Crippen molar-refractivity contribution in [2.24, 2.45) is 11.8 Å². The summed E-state index contributed by atoms with van der Waals surface area (Å²) in [4.78, 5) is 32.7. The van der Waals surface area contributed by atoms with Crippen LogP contribution in [0.3, 0.4) is 0 Å². The van der Waals surface area contributed by atoms with Crippen molar-refractivity contribution in [2.45, 2.75) is 51.1 Å². The first kappa shape index (κ1) is 20.9. The van der Waals surface area contributed by atoms with E-state index in [9.17, 15) is 19.1 Å². The zero-order valence-corrected chi connectivity index (χ0v) is 19.4. The minimum Gasteiger partial charge on any atom is -0.476 e. The van der Waals surface area contributed by atoms with E-state index in [-0.39, 0.29) is 49.1 Å². The maximum absolute atomic E-state index is 13.3. The van der Waals surface area contributed by atoms with Gasteiger partial charge in [0.15, 0.2) is 0 Å². The molecule has 0 aromatic carbocycles. The Labute approximate surface area is 205 Å². The molecule has 34 heavy (non-hydrogen) atoms. The van der Waals surface area contributed by atoms with E-state index in [0.29, 0.717) is 25.4 Å². The molecule has 4 atom stereocenters. The number of esters is 1. The third-order valence-electron chi connectivity index (χ3n) is 6.15. The highest BCUT2D eigenvalue weighted by molar-refractivity contribution is 5.97. The first-order chi connectivity index (χ1) is 18.2. The molecule has 3 rings (SSSR count). The maximum atomic E-state index is 13.3. The van der Waals surface area contributed by atoms with Crippen molar-refractivity contribution >= 4 is 17.6 Å². The summed E-state index contributed by atoms with van der Waals surface area (Å²) in [7, 11) is 1.62. The number of aromatic nitrogens is 1. The maximum Gasteiger partial charge on any atom is 0.331 e. The number of rotatable bonds is 14. The van der Waals surface area contributed by atoms with Gasteiger partial charge in [-0.3, -0.25) is 9.18 Å². The number of nitrogens with zero attached hydrogens (tertiary/aromatic N) is 2. The van der Waals surface area contributed by atoms with Crippen LogP contribution in [0.1, 0.15) is 55.4 Å². The van der Waals surface area contributed by atoms with Crippen LogP contribution in [0.5, 0.6) is 5.88 Å². The van der Waals surface area contributed by atoms with Gasteiger partial charge in [0.2, 0.25) is 5.88 Å². The summed E-state index contributed by atoms with van der Waals surface area (Å²) in [5, 5.41) is 11.7. The SMILES string of the molecule is [3H]CC([3H])C(NC(=O)c1ccc(N2CC(OC)C2)c(OCC2C[C@@H]2CO)n1)(C(=O)OCCCF)C([3H])C[3H]. The zero-order valence-electron chi connectivity index (χ0n) is 23.4. The van der Waals surface area contributed by atoms with Gasteiger partial charge in [0.25, 0.3) is 5.91 Å². The molecule has 0 bridgehead atoms. The van der Waals surface area contributed by atoms with Gasteiger partial charge in [0, 0.05) is 38.7 Å². The van der Waals surface area contributed by atoms with Crippen molar-refractivity contribution in [2.75, 3.05) is 51.6 Å². The van der Waals surface area contributed by atoms with Crippen LogP contribution in [0.15, 0.2) is 12.1 Å². The molecular formula is C24H36FN3O6. The Bertz CT molecular complexity index is 948. The lowest BCUT2D eigenvalue weighted by atomic mass is 9.92. The van der Waals surface area contributed by atoms with Crippen molar-refractivity contribution in [3.63, 3.8) is 0 Å². The fraction of sp³-hybridized carbons (Fsp3) is 0.708. The number of aliphatic hydroxyl groups is 1. The highest BCUT2D eigenvalue weighted by Gasteiger charge is 2.40. The highest BCUT2D eigenvalue weighted by atomic mass is 19.1. The van der Waals surface area contributed by atoms with Gasteiger partial charge in [0.05, 0.1) is 26.0 Å². The molecule has 3 unspecified atom stereocenters. The standard InChI is InChI=1S/C24H36FN3O6/c1-4-24(5-2,23(31)33-10-6-9-25)27-21(30)19-7-8-20(28-12-18(13-28)32-3)22(26-19)34-15-17-11-16(17)14-29/h7-8,16-18,29H,4-6,9-15H2,1-3H3,(H,27,30)/t16-,17?/m1/s1/i1T,2T,4T,5T/t4?,5?,16-,17?,24?. The third kappa shape index (κ3) is 5.96. The predicted molar refractivity (Wildman–Crippen MR) is 124 cm³/mol. The van der Waals surface area contributed by atoms with Crippen LogP contribution >= 0.6 is 0 Å². The largest absolute Gasteiger partial charge is 0.476 e. The Balaban J connectivity index is 1.87. The normalized spacial score (nSPS) is 24.9. The number of pyridine rings is 1. The number of carbonyl (C=O) groups excluding carboxylic acids is 2. The number of hydrogen-bond donors (Lipinski definition) is 2. The number of methoxy groups -OCH3 is 1. The first-order valence-electron chi connectivity index (χ1n) is 13.8. The summed E-state index contributed by atoms with van der Waals surface area (Å²) in [5.41, 5.74) is -1.84. The van der Waals surface area contributed by atoms with E-state index in [0.717, 1.165) is 6.42 Å². The minimum atomic E-state index is -2.33. The third-order valence-corrected chi connectivity index (χ3v) is 6.15. The van der Waals surface area contributed by atoms with Crippen molar-refractivity contribution in [3.05, 3.63) is 17.8 Å². The van der Waals surface area contributed by atoms with E-state index in [1.807, 2.05) is 4.90 Å². The smallest absolute Gasteiger partial charge is 0.331 e. The molecule has 2 aliphatic rings. The molecule has 2 fully saturated rings. The highest BCUT2D eigenvalue weighted by Crippen LogP contribution is 2.39. The Morgan fingerprint density at radius 3 is 2.74 bits per heavy atom. The van der Waals surface area contributed by atoms with Crippen LogP contribution in [-0.4, -0.2) is 80.3 Å². The zero-order chi connectivity index (χ0) is 27.9. The van der Waals surface area contributed by atoms with Crippen LogP contribution in [0.4, 0.5) is 10.1 Å². The van der Waals surface area contributed by atoms with Gasteiger partial charge in [-0.25, -0.2) is 9.78 Å². The second-order valence-corrected chi connectivity index (χ2v) is 8.44.